The molecule has 1 aliphatic carbocycles. The zero-order chi connectivity index (χ0) is 7.94. The molecule has 5 nitrogen and oxygen atoms in total. The van der Waals surface area contributed by atoms with Crippen molar-refractivity contribution in [3.8, 4) is 0 Å². The Morgan fingerprint density at radius 2 is 2.40 bits per heavy atom. The quantitative estimate of drug-likeness (QED) is 0.442. The number of carboxylic acids is 1. The number of hydrogen-bond acceptors (Lipinski definition) is 3. The van der Waals surface area contributed by atoms with Crippen molar-refractivity contribution in [2.45, 2.75) is 18.9 Å². The van der Waals surface area contributed by atoms with Crippen LogP contribution < -0.4 is 0 Å². The number of aliphatic carboxylic acids is 1. The molecule has 1 fully saturated rings. The van der Waals surface area contributed by atoms with Gasteiger partial charge in [-0.1, -0.05) is 0 Å². The fraction of sp³-hybridized carbons (Fsp3) is 0.800. The van der Waals surface area contributed by atoms with Crippen LogP contribution in [0, 0.1) is 16.0 Å². The molecule has 0 bridgehead atoms. The maximum Gasteiger partial charge on any atom is 0.314 e. The van der Waals surface area contributed by atoms with Crippen LogP contribution in [-0.2, 0) is 4.79 Å². The predicted octanol–water partition coefficient (Wildman–Crippen LogP) is 0.126. The summed E-state index contributed by atoms with van der Waals surface area (Å²) in [5, 5.41) is 18.5. The number of hydrogen-bond donors (Lipinski definition) is 1. The molecule has 5 heteroatoms. The molecule has 0 radical (unpaired) electrons. The Labute approximate surface area is 56.8 Å². The van der Waals surface area contributed by atoms with E-state index >= 15 is 0 Å². The second kappa shape index (κ2) is 1.68. The van der Waals surface area contributed by atoms with E-state index in [1.807, 2.05) is 0 Å². The van der Waals surface area contributed by atoms with Crippen molar-refractivity contribution in [3.05, 3.63) is 10.1 Å². The van der Waals surface area contributed by atoms with Gasteiger partial charge in [-0.15, -0.1) is 0 Å². The Hall–Kier alpha value is -1.13. The van der Waals surface area contributed by atoms with E-state index in [1.165, 1.54) is 6.92 Å². The average molecular weight is 145 g/mol. The van der Waals surface area contributed by atoms with E-state index in [9.17, 15) is 14.9 Å². The Balaban J connectivity index is 2.65. The lowest BCUT2D eigenvalue weighted by molar-refractivity contribution is -0.536. The van der Waals surface area contributed by atoms with Crippen molar-refractivity contribution in [3.63, 3.8) is 0 Å². The molecule has 0 heterocycles. The Morgan fingerprint density at radius 1 is 1.90 bits per heavy atom. The van der Waals surface area contributed by atoms with E-state index in [-0.39, 0.29) is 6.42 Å². The third-order valence-corrected chi connectivity index (χ3v) is 1.92. The predicted molar refractivity (Wildman–Crippen MR) is 31.1 cm³/mol. The molecule has 2 unspecified atom stereocenters. The van der Waals surface area contributed by atoms with Crippen molar-refractivity contribution >= 4 is 5.97 Å². The van der Waals surface area contributed by atoms with Crippen LogP contribution in [0.2, 0.25) is 0 Å². The number of nitrogens with zero attached hydrogens (tertiary/aromatic N) is 1. The van der Waals surface area contributed by atoms with Crippen molar-refractivity contribution in [2.24, 2.45) is 5.92 Å². The smallest absolute Gasteiger partial charge is 0.314 e. The van der Waals surface area contributed by atoms with Gasteiger partial charge in [0.25, 0.3) is 0 Å². The maximum atomic E-state index is 10.2. The molecular weight excluding hydrogens is 138 g/mol. The van der Waals surface area contributed by atoms with Gasteiger partial charge in [0.15, 0.2) is 0 Å². The average Bonchev–Trinajstić information content (AvgIpc) is 2.43. The number of carbonyl (C=O) groups is 1. The van der Waals surface area contributed by atoms with Crippen molar-refractivity contribution in [2.75, 3.05) is 0 Å². The summed E-state index contributed by atoms with van der Waals surface area (Å²) in [7, 11) is 0. The van der Waals surface area contributed by atoms with Gasteiger partial charge in [0.1, 0.15) is 5.92 Å². The number of carboxylic acid groups (broad SMARTS) is 1. The first-order valence-corrected chi connectivity index (χ1v) is 2.86. The molecule has 0 aromatic heterocycles. The standard InChI is InChI=1S/C5H7NO4/c1-5(6(9)10)2-3(5)4(7)8/h3H,2H2,1H3,(H,7,8). The molecular formula is C5H7NO4. The summed E-state index contributed by atoms with van der Waals surface area (Å²) < 4.78 is 0. The highest BCUT2D eigenvalue weighted by atomic mass is 16.6. The van der Waals surface area contributed by atoms with E-state index in [2.05, 4.69) is 0 Å². The van der Waals surface area contributed by atoms with Crippen LogP contribution in [0.15, 0.2) is 0 Å². The van der Waals surface area contributed by atoms with Gasteiger partial charge in [-0.25, -0.2) is 0 Å². The normalized spacial score (nSPS) is 37.1. The van der Waals surface area contributed by atoms with Crippen LogP contribution in [0.1, 0.15) is 13.3 Å². The summed E-state index contributed by atoms with van der Waals surface area (Å²) in [5.41, 5.74) is -1.19. The van der Waals surface area contributed by atoms with Gasteiger partial charge >= 0.3 is 5.97 Å². The van der Waals surface area contributed by atoms with Gasteiger partial charge in [-0.2, -0.15) is 0 Å². The van der Waals surface area contributed by atoms with Gasteiger partial charge in [0, 0.05) is 18.3 Å². The lowest BCUT2D eigenvalue weighted by Crippen LogP contribution is -2.22. The number of nitro groups is 1. The minimum atomic E-state index is -1.19. The molecule has 1 aliphatic rings. The second-order valence-corrected chi connectivity index (χ2v) is 2.71. The molecule has 0 amide bonds. The van der Waals surface area contributed by atoms with Crippen LogP contribution in [0.3, 0.4) is 0 Å². The third kappa shape index (κ3) is 0.741. The van der Waals surface area contributed by atoms with Crippen LogP contribution in [0.4, 0.5) is 0 Å². The Kier molecular flexibility index (Phi) is 1.17. The summed E-state index contributed by atoms with van der Waals surface area (Å²) >= 11 is 0. The summed E-state index contributed by atoms with van der Waals surface area (Å²) in [6, 6.07) is 0. The molecule has 0 aliphatic heterocycles. The van der Waals surface area contributed by atoms with Crippen molar-refractivity contribution < 1.29 is 14.8 Å². The van der Waals surface area contributed by atoms with Gasteiger partial charge in [0.2, 0.25) is 5.54 Å². The molecule has 0 spiro atoms. The van der Waals surface area contributed by atoms with Crippen molar-refractivity contribution in [1.29, 1.82) is 0 Å². The first kappa shape index (κ1) is 6.98. The minimum Gasteiger partial charge on any atom is -0.481 e. The van der Waals surface area contributed by atoms with E-state index in [4.69, 9.17) is 5.11 Å². The minimum absolute atomic E-state index is 0.162. The van der Waals surface area contributed by atoms with Crippen LogP contribution >= 0.6 is 0 Å². The van der Waals surface area contributed by atoms with E-state index in [1.54, 1.807) is 0 Å². The van der Waals surface area contributed by atoms with E-state index in [0.717, 1.165) is 0 Å². The molecule has 2 atom stereocenters. The van der Waals surface area contributed by atoms with Gasteiger partial charge in [-0.05, 0) is 0 Å². The highest BCUT2D eigenvalue weighted by Crippen LogP contribution is 2.45. The largest absolute Gasteiger partial charge is 0.481 e. The van der Waals surface area contributed by atoms with E-state index in [0.29, 0.717) is 0 Å². The van der Waals surface area contributed by atoms with Crippen LogP contribution in [0.25, 0.3) is 0 Å². The van der Waals surface area contributed by atoms with Gasteiger partial charge < -0.3 is 5.11 Å². The fourth-order valence-electron chi connectivity index (χ4n) is 0.909. The fourth-order valence-corrected chi connectivity index (χ4v) is 0.909. The highest BCUT2D eigenvalue weighted by molar-refractivity contribution is 5.75. The van der Waals surface area contributed by atoms with Crippen molar-refractivity contribution in [1.82, 2.24) is 0 Å². The van der Waals surface area contributed by atoms with Gasteiger partial charge in [-0.3, -0.25) is 14.9 Å². The lowest BCUT2D eigenvalue weighted by Gasteiger charge is -1.97. The summed E-state index contributed by atoms with van der Waals surface area (Å²) in [6.07, 6.45) is 0.162. The second-order valence-electron chi connectivity index (χ2n) is 2.71. The molecule has 0 saturated heterocycles. The summed E-state index contributed by atoms with van der Waals surface area (Å²) in [4.78, 5) is 19.8. The molecule has 1 N–H and O–H groups in total. The third-order valence-electron chi connectivity index (χ3n) is 1.92. The van der Waals surface area contributed by atoms with Crippen LogP contribution in [-0.4, -0.2) is 21.5 Å². The Bertz CT molecular complexity index is 202. The highest BCUT2D eigenvalue weighted by Gasteiger charge is 2.66. The zero-order valence-corrected chi connectivity index (χ0v) is 5.40. The monoisotopic (exact) mass is 145 g/mol. The zero-order valence-electron chi connectivity index (χ0n) is 5.40. The first-order chi connectivity index (χ1) is 4.48. The topological polar surface area (TPSA) is 80.4 Å². The lowest BCUT2D eigenvalue weighted by atomic mass is 10.2. The summed E-state index contributed by atoms with van der Waals surface area (Å²) in [6.45, 7) is 1.35. The summed E-state index contributed by atoms with van der Waals surface area (Å²) in [5.74, 6) is -1.85. The molecule has 56 valence electrons. The number of rotatable bonds is 2. The molecule has 1 saturated carbocycles. The maximum absolute atomic E-state index is 10.2. The SMILES string of the molecule is CC1([N+](=O)[O-])CC1C(=O)O. The van der Waals surface area contributed by atoms with E-state index < -0.39 is 22.3 Å². The molecule has 10 heavy (non-hydrogen) atoms. The first-order valence-electron chi connectivity index (χ1n) is 2.86. The Morgan fingerprint density at radius 3 is 2.50 bits per heavy atom. The van der Waals surface area contributed by atoms with Crippen LogP contribution in [0.5, 0.6) is 0 Å². The molecule has 0 aromatic carbocycles. The molecule has 1 rings (SSSR count). The molecule has 0 aromatic rings. The van der Waals surface area contributed by atoms with Gasteiger partial charge in [0.05, 0.1) is 0 Å².